The Balaban J connectivity index is 1.76. The SMILES string of the molecule is CC1(C)O[C@@H]2[C@@H](O1)C(c1ccccc1)(c1ccccc1)[N]=[Mo]([Cl])([Cl])=[N]C2(c1ccccc1)c1ccccc1. The fourth-order valence-electron chi connectivity index (χ4n) is 5.81. The monoisotopic (exact) mass is 628 g/mol. The van der Waals surface area contributed by atoms with Crippen molar-refractivity contribution in [3.05, 3.63) is 144 Å². The van der Waals surface area contributed by atoms with Gasteiger partial charge in [0.25, 0.3) is 0 Å². The summed E-state index contributed by atoms with van der Waals surface area (Å²) in [7, 11) is 14.7. The molecule has 194 valence electrons. The molecule has 6 rings (SSSR count). The van der Waals surface area contributed by atoms with Crippen LogP contribution in [-0.4, -0.2) is 18.0 Å². The van der Waals surface area contributed by atoms with Crippen molar-refractivity contribution in [2.24, 2.45) is 6.99 Å². The van der Waals surface area contributed by atoms with Crippen molar-refractivity contribution in [2.75, 3.05) is 0 Å². The first-order valence-corrected chi connectivity index (χ1v) is 19.5. The zero-order chi connectivity index (χ0) is 26.4. The van der Waals surface area contributed by atoms with E-state index in [1.165, 1.54) is 0 Å². The molecule has 0 saturated carbocycles. The molecule has 0 aliphatic carbocycles. The molecule has 2 aliphatic heterocycles. The second-order valence-corrected chi connectivity index (χ2v) is 19.0. The van der Waals surface area contributed by atoms with Crippen LogP contribution in [-0.2, 0) is 34.2 Å². The molecule has 4 nitrogen and oxygen atoms in total. The fourth-order valence-corrected chi connectivity index (χ4v) is 11.7. The van der Waals surface area contributed by atoms with E-state index in [-0.39, 0.29) is 0 Å². The second kappa shape index (κ2) is 9.69. The van der Waals surface area contributed by atoms with Crippen LogP contribution in [0.25, 0.3) is 0 Å². The minimum absolute atomic E-state index is 0.586. The number of ether oxygens (including phenoxy) is 2. The van der Waals surface area contributed by atoms with Gasteiger partial charge < -0.3 is 0 Å². The first-order valence-electron chi connectivity index (χ1n) is 12.6. The summed E-state index contributed by atoms with van der Waals surface area (Å²) in [6.45, 7) is 3.89. The van der Waals surface area contributed by atoms with Crippen LogP contribution in [0.5, 0.6) is 0 Å². The van der Waals surface area contributed by atoms with Gasteiger partial charge >= 0.3 is 235 Å². The third kappa shape index (κ3) is 4.28. The van der Waals surface area contributed by atoms with E-state index in [1.807, 2.05) is 86.6 Å². The Labute approximate surface area is 234 Å². The molecule has 0 bridgehead atoms. The molecule has 1 fully saturated rings. The number of hydrogen-bond acceptors (Lipinski definition) is 4. The Morgan fingerprint density at radius 3 is 1.05 bits per heavy atom. The van der Waals surface area contributed by atoms with Gasteiger partial charge in [0.1, 0.15) is 0 Å². The second-order valence-electron chi connectivity index (χ2n) is 10.1. The summed E-state index contributed by atoms with van der Waals surface area (Å²) in [4.78, 5) is 0. The van der Waals surface area contributed by atoms with Gasteiger partial charge in [-0.15, -0.1) is 0 Å². The molecule has 4 aromatic rings. The van der Waals surface area contributed by atoms with E-state index < -0.39 is 42.7 Å². The molecule has 0 amide bonds. The van der Waals surface area contributed by atoms with Crippen LogP contribution in [0, 0.1) is 0 Å². The molecule has 4 aromatic carbocycles. The van der Waals surface area contributed by atoms with Gasteiger partial charge in [0.15, 0.2) is 0 Å². The topological polar surface area (TPSA) is 43.2 Å². The van der Waals surface area contributed by atoms with Crippen molar-refractivity contribution in [1.29, 1.82) is 0 Å². The normalized spacial score (nSPS) is 24.3. The van der Waals surface area contributed by atoms with Crippen LogP contribution in [0.2, 0.25) is 0 Å². The molecule has 2 atom stereocenters. The maximum atomic E-state index is 7.34. The number of halogens is 2. The van der Waals surface area contributed by atoms with E-state index in [1.54, 1.807) is 0 Å². The molecular weight excluding hydrogens is 599 g/mol. The average Bonchev–Trinajstić information content (AvgIpc) is 3.24. The summed E-state index contributed by atoms with van der Waals surface area (Å²) in [5.41, 5.74) is 1.66. The Morgan fingerprint density at radius 2 is 0.789 bits per heavy atom. The standard InChI is InChI=1S/C31H28N2O2.2ClH.Mo/c1-29(2)34-27(30(32,23-15-7-3-8-16-23)24-17-9-4-10-18-24)28(35-29)31(33,25-19-11-5-12-20-25)26-21-13-6-14-22-26;;;/h3-22,27-28H,1-2H3;2*1H;/q;;;+2/p-2/t27-,28-;;;/m1.../s1. The molecule has 38 heavy (non-hydrogen) atoms. The van der Waals surface area contributed by atoms with Gasteiger partial charge in [-0.1, -0.05) is 0 Å². The Hall–Kier alpha value is -2.33. The van der Waals surface area contributed by atoms with E-state index in [2.05, 4.69) is 48.5 Å². The number of benzene rings is 4. The van der Waals surface area contributed by atoms with E-state index >= 15 is 0 Å². The molecule has 1 saturated heterocycles. The zero-order valence-electron chi connectivity index (χ0n) is 21.1. The van der Waals surface area contributed by atoms with Crippen LogP contribution in [0.1, 0.15) is 36.1 Å². The molecule has 0 unspecified atom stereocenters. The number of rotatable bonds is 4. The number of hydrogen-bond donors (Lipinski definition) is 0. The minimum atomic E-state index is -4.41. The van der Waals surface area contributed by atoms with Crippen LogP contribution >= 0.6 is 18.8 Å². The van der Waals surface area contributed by atoms with Crippen molar-refractivity contribution in [3.8, 4) is 0 Å². The van der Waals surface area contributed by atoms with Gasteiger partial charge in [-0.2, -0.15) is 0 Å². The number of nitrogens with zero attached hydrogens (tertiary/aromatic N) is 2. The molecule has 2 aliphatic rings. The summed E-state index contributed by atoms with van der Waals surface area (Å²) < 4.78 is 24.5. The summed E-state index contributed by atoms with van der Waals surface area (Å²) in [6.07, 6.45) is -1.17. The Bertz CT molecular complexity index is 1360. The number of fused-ring (bicyclic) bond motifs is 1. The van der Waals surface area contributed by atoms with Crippen LogP contribution in [0.3, 0.4) is 0 Å². The molecule has 0 spiro atoms. The van der Waals surface area contributed by atoms with Gasteiger partial charge in [0.2, 0.25) is 0 Å². The van der Waals surface area contributed by atoms with E-state index in [4.69, 9.17) is 35.3 Å². The predicted molar refractivity (Wildman–Crippen MR) is 148 cm³/mol. The summed E-state index contributed by atoms with van der Waals surface area (Å²) in [6, 6.07) is 40.5. The fraction of sp³-hybridized carbons (Fsp3) is 0.226. The first kappa shape index (κ1) is 25.9. The predicted octanol–water partition coefficient (Wildman–Crippen LogP) is 8.24. The van der Waals surface area contributed by atoms with Crippen LogP contribution < -0.4 is 0 Å². The molecule has 0 aromatic heterocycles. The molecule has 0 radical (unpaired) electrons. The van der Waals surface area contributed by atoms with Crippen molar-refractivity contribution in [1.82, 2.24) is 0 Å². The molecule has 7 heteroatoms. The molecular formula is C31H28Cl2MoN2O2. The van der Waals surface area contributed by atoms with Gasteiger partial charge in [-0.05, 0) is 0 Å². The summed E-state index contributed by atoms with van der Waals surface area (Å²) >= 11 is -4.41. The first-order chi connectivity index (χ1) is 18.3. The van der Waals surface area contributed by atoms with Crippen molar-refractivity contribution in [2.45, 2.75) is 42.9 Å². The average molecular weight is 627 g/mol. The maximum absolute atomic E-state index is 7.34. The van der Waals surface area contributed by atoms with Crippen molar-refractivity contribution in [3.63, 3.8) is 0 Å². The van der Waals surface area contributed by atoms with Crippen molar-refractivity contribution < 1.29 is 23.1 Å². The third-order valence-corrected chi connectivity index (χ3v) is 11.4. The van der Waals surface area contributed by atoms with Gasteiger partial charge in [0, 0.05) is 0 Å². The van der Waals surface area contributed by atoms with Crippen molar-refractivity contribution >= 4 is 18.8 Å². The molecule has 0 N–H and O–H groups in total. The quantitative estimate of drug-likeness (QED) is 0.214. The van der Waals surface area contributed by atoms with Crippen LogP contribution in [0.15, 0.2) is 128 Å². The Morgan fingerprint density at radius 1 is 0.526 bits per heavy atom. The summed E-state index contributed by atoms with van der Waals surface area (Å²) in [5, 5.41) is 0. The van der Waals surface area contributed by atoms with Gasteiger partial charge in [0.05, 0.1) is 0 Å². The van der Waals surface area contributed by atoms with Gasteiger partial charge in [-0.25, -0.2) is 0 Å². The van der Waals surface area contributed by atoms with Crippen LogP contribution in [0.4, 0.5) is 0 Å². The third-order valence-electron chi connectivity index (χ3n) is 7.28. The van der Waals surface area contributed by atoms with E-state index in [9.17, 15) is 0 Å². The van der Waals surface area contributed by atoms with E-state index in [0.29, 0.717) is 0 Å². The van der Waals surface area contributed by atoms with Gasteiger partial charge in [-0.3, -0.25) is 0 Å². The summed E-state index contributed by atoms with van der Waals surface area (Å²) in [5.74, 6) is -0.907. The van der Waals surface area contributed by atoms with E-state index in [0.717, 1.165) is 22.3 Å². The molecule has 2 heterocycles. The Kier molecular flexibility index (Phi) is 6.61. The zero-order valence-corrected chi connectivity index (χ0v) is 24.6.